The first-order valence-corrected chi connectivity index (χ1v) is 11.0. The zero-order chi connectivity index (χ0) is 21.6. The first-order chi connectivity index (χ1) is 14.3. The largest absolute Gasteiger partial charge is 0.330 e. The third kappa shape index (κ3) is 5.71. The van der Waals surface area contributed by atoms with E-state index in [0.717, 1.165) is 11.1 Å². The monoisotopic (exact) mass is 424 g/mol. The predicted molar refractivity (Wildman–Crippen MR) is 114 cm³/mol. The summed E-state index contributed by atoms with van der Waals surface area (Å²) in [4.78, 5) is 23.2. The van der Waals surface area contributed by atoms with Gasteiger partial charge in [-0.3, -0.25) is 14.8 Å². The van der Waals surface area contributed by atoms with Crippen molar-refractivity contribution in [3.63, 3.8) is 0 Å². The van der Waals surface area contributed by atoms with E-state index in [1.807, 2.05) is 24.3 Å². The molecule has 3 aromatic rings. The molecular formula is C22H24N4O3S. The van der Waals surface area contributed by atoms with Crippen LogP contribution in [0.4, 0.5) is 0 Å². The topological polar surface area (TPSA) is 92.3 Å². The minimum atomic E-state index is -3.70. The molecule has 0 aliphatic heterocycles. The molecule has 30 heavy (non-hydrogen) atoms. The van der Waals surface area contributed by atoms with Crippen molar-refractivity contribution < 1.29 is 13.2 Å². The number of nitrogens with one attached hydrogen (secondary N) is 1. The summed E-state index contributed by atoms with van der Waals surface area (Å²) in [6.45, 7) is 4.20. The first-order valence-electron chi connectivity index (χ1n) is 9.54. The van der Waals surface area contributed by atoms with Crippen LogP contribution in [-0.2, 0) is 23.1 Å². The fourth-order valence-electron chi connectivity index (χ4n) is 2.98. The molecule has 0 atom stereocenters. The van der Waals surface area contributed by atoms with Gasteiger partial charge in [0.05, 0.1) is 4.90 Å². The number of hydrogen-bond acceptors (Lipinski definition) is 5. The van der Waals surface area contributed by atoms with Crippen molar-refractivity contribution in [2.75, 3.05) is 0 Å². The van der Waals surface area contributed by atoms with Gasteiger partial charge in [0, 0.05) is 49.5 Å². The molecular weight excluding hydrogens is 400 g/mol. The smallest absolute Gasteiger partial charge is 0.254 e. The molecule has 0 fully saturated rings. The van der Waals surface area contributed by atoms with Crippen LogP contribution in [0.2, 0.25) is 0 Å². The Morgan fingerprint density at radius 2 is 1.70 bits per heavy atom. The summed E-state index contributed by atoms with van der Waals surface area (Å²) in [5.41, 5.74) is 2.11. The summed E-state index contributed by atoms with van der Waals surface area (Å²) in [5.74, 6) is -0.266. The third-order valence-electron chi connectivity index (χ3n) is 4.29. The van der Waals surface area contributed by atoms with Gasteiger partial charge in [-0.05, 0) is 61.4 Å². The molecule has 1 aromatic carbocycles. The first kappa shape index (κ1) is 21.6. The van der Waals surface area contributed by atoms with E-state index < -0.39 is 10.0 Å². The van der Waals surface area contributed by atoms with Crippen molar-refractivity contribution in [2.45, 2.75) is 37.9 Å². The number of nitrogens with zero attached hydrogens (tertiary/aromatic N) is 3. The molecule has 0 aliphatic carbocycles. The van der Waals surface area contributed by atoms with Gasteiger partial charge in [0.25, 0.3) is 5.91 Å². The second-order valence-corrected chi connectivity index (χ2v) is 8.90. The van der Waals surface area contributed by atoms with E-state index >= 15 is 0 Å². The lowest BCUT2D eigenvalue weighted by molar-refractivity contribution is 0.0729. The van der Waals surface area contributed by atoms with Crippen LogP contribution in [-0.4, -0.2) is 35.2 Å². The Morgan fingerprint density at radius 1 is 0.967 bits per heavy atom. The molecule has 156 valence electrons. The van der Waals surface area contributed by atoms with E-state index in [-0.39, 0.29) is 16.8 Å². The number of hydrogen-bond donors (Lipinski definition) is 1. The molecule has 0 radical (unpaired) electrons. The Bertz CT molecular complexity index is 1050. The molecule has 8 heteroatoms. The highest BCUT2D eigenvalue weighted by molar-refractivity contribution is 7.89. The number of carbonyl (C=O) groups is 1. The zero-order valence-corrected chi connectivity index (χ0v) is 17.7. The average molecular weight is 425 g/mol. The van der Waals surface area contributed by atoms with Gasteiger partial charge >= 0.3 is 0 Å². The summed E-state index contributed by atoms with van der Waals surface area (Å²) in [6.07, 6.45) is 6.73. The Balaban J connectivity index is 1.91. The van der Waals surface area contributed by atoms with Gasteiger partial charge < -0.3 is 4.90 Å². The number of benzene rings is 1. The standard InChI is InChI=1S/C22H24N4O3S/c1-17(2)25-30(28,29)21-7-3-6-20(13-21)22(27)26(15-18-8-11-23-12-9-18)16-19-5-4-10-24-14-19/h3-14,17,25H,15-16H2,1-2H3. The highest BCUT2D eigenvalue weighted by Gasteiger charge is 2.21. The number of carbonyl (C=O) groups excluding carboxylic acids is 1. The van der Waals surface area contributed by atoms with Crippen LogP contribution in [0.1, 0.15) is 35.3 Å². The van der Waals surface area contributed by atoms with Crippen molar-refractivity contribution in [1.29, 1.82) is 0 Å². The van der Waals surface area contributed by atoms with Crippen LogP contribution in [0.25, 0.3) is 0 Å². The molecule has 2 aromatic heterocycles. The van der Waals surface area contributed by atoms with Gasteiger partial charge in [0.1, 0.15) is 0 Å². The van der Waals surface area contributed by atoms with Crippen LogP contribution < -0.4 is 4.72 Å². The van der Waals surface area contributed by atoms with Crippen molar-refractivity contribution in [3.05, 3.63) is 90.0 Å². The van der Waals surface area contributed by atoms with E-state index in [1.54, 1.807) is 55.7 Å². The Morgan fingerprint density at radius 3 is 2.37 bits per heavy atom. The minimum Gasteiger partial charge on any atom is -0.330 e. The molecule has 7 nitrogen and oxygen atoms in total. The Kier molecular flexibility index (Phi) is 6.91. The maximum atomic E-state index is 13.3. The number of pyridine rings is 2. The van der Waals surface area contributed by atoms with Crippen LogP contribution >= 0.6 is 0 Å². The summed E-state index contributed by atoms with van der Waals surface area (Å²) >= 11 is 0. The quantitative estimate of drug-likeness (QED) is 0.600. The van der Waals surface area contributed by atoms with Crippen LogP contribution in [0, 0.1) is 0 Å². The van der Waals surface area contributed by atoms with Gasteiger partial charge in [-0.15, -0.1) is 0 Å². The number of aromatic nitrogens is 2. The molecule has 0 unspecified atom stereocenters. The summed E-state index contributed by atoms with van der Waals surface area (Å²) < 4.78 is 27.6. The second kappa shape index (κ2) is 9.60. The van der Waals surface area contributed by atoms with Gasteiger partial charge in [-0.25, -0.2) is 13.1 Å². The normalized spacial score (nSPS) is 11.4. The molecule has 0 aliphatic rings. The van der Waals surface area contributed by atoms with Crippen molar-refractivity contribution in [1.82, 2.24) is 19.6 Å². The second-order valence-electron chi connectivity index (χ2n) is 7.18. The van der Waals surface area contributed by atoms with Gasteiger partial charge in [0.15, 0.2) is 0 Å². The lowest BCUT2D eigenvalue weighted by Gasteiger charge is -2.23. The van der Waals surface area contributed by atoms with Crippen LogP contribution in [0.3, 0.4) is 0 Å². The Hall–Kier alpha value is -3.10. The van der Waals surface area contributed by atoms with Gasteiger partial charge in [-0.1, -0.05) is 12.1 Å². The van der Waals surface area contributed by atoms with Crippen LogP contribution in [0.15, 0.2) is 78.2 Å². The third-order valence-corrected chi connectivity index (χ3v) is 5.94. The fraction of sp³-hybridized carbons (Fsp3) is 0.227. The van der Waals surface area contributed by atoms with Crippen LogP contribution in [0.5, 0.6) is 0 Å². The number of rotatable bonds is 8. The molecule has 0 saturated carbocycles. The lowest BCUT2D eigenvalue weighted by Crippen LogP contribution is -2.32. The fourth-order valence-corrected chi connectivity index (χ4v) is 4.27. The summed E-state index contributed by atoms with van der Waals surface area (Å²) in [5, 5.41) is 0. The van der Waals surface area contributed by atoms with Crippen molar-refractivity contribution in [3.8, 4) is 0 Å². The van der Waals surface area contributed by atoms with Crippen molar-refractivity contribution in [2.24, 2.45) is 0 Å². The predicted octanol–water partition coefficient (Wildman–Crippen LogP) is 3.01. The van der Waals surface area contributed by atoms with E-state index in [0.29, 0.717) is 18.7 Å². The molecule has 0 spiro atoms. The highest BCUT2D eigenvalue weighted by atomic mass is 32.2. The maximum Gasteiger partial charge on any atom is 0.254 e. The van der Waals surface area contributed by atoms with E-state index in [9.17, 15) is 13.2 Å². The summed E-state index contributed by atoms with van der Waals surface area (Å²) in [7, 11) is -3.70. The van der Waals surface area contributed by atoms with E-state index in [1.165, 1.54) is 12.1 Å². The molecule has 3 rings (SSSR count). The summed E-state index contributed by atoms with van der Waals surface area (Å²) in [6, 6.07) is 13.3. The average Bonchev–Trinajstić information content (AvgIpc) is 2.73. The minimum absolute atomic E-state index is 0.0623. The maximum absolute atomic E-state index is 13.3. The SMILES string of the molecule is CC(C)NS(=O)(=O)c1cccc(C(=O)N(Cc2ccncc2)Cc2cccnc2)c1. The lowest BCUT2D eigenvalue weighted by atomic mass is 10.1. The molecule has 0 bridgehead atoms. The molecule has 1 N–H and O–H groups in total. The number of amides is 1. The van der Waals surface area contributed by atoms with Gasteiger partial charge in [0.2, 0.25) is 10.0 Å². The number of sulfonamides is 1. The van der Waals surface area contributed by atoms with E-state index in [2.05, 4.69) is 14.7 Å². The zero-order valence-electron chi connectivity index (χ0n) is 16.9. The Labute approximate surface area is 176 Å². The van der Waals surface area contributed by atoms with E-state index in [4.69, 9.17) is 0 Å². The molecule has 0 saturated heterocycles. The molecule has 1 amide bonds. The van der Waals surface area contributed by atoms with Gasteiger partial charge in [-0.2, -0.15) is 0 Å². The highest BCUT2D eigenvalue weighted by Crippen LogP contribution is 2.17. The molecule has 2 heterocycles. The van der Waals surface area contributed by atoms with Crippen molar-refractivity contribution >= 4 is 15.9 Å².